The molecular formula is C15H7BrClNO. The van der Waals surface area contributed by atoms with Crippen molar-refractivity contribution >= 4 is 60.4 Å². The Morgan fingerprint density at radius 3 is 2.89 bits per heavy atom. The van der Waals surface area contributed by atoms with Gasteiger partial charge in [-0.15, -0.1) is 0 Å². The van der Waals surface area contributed by atoms with E-state index in [1.807, 2.05) is 30.3 Å². The predicted molar refractivity (Wildman–Crippen MR) is 81.7 cm³/mol. The fourth-order valence-corrected chi connectivity index (χ4v) is 3.39. The molecule has 2 aromatic heterocycles. The van der Waals surface area contributed by atoms with Crippen LogP contribution in [0.25, 0.3) is 32.8 Å². The first kappa shape index (κ1) is 11.3. The summed E-state index contributed by atoms with van der Waals surface area (Å²) in [5.41, 5.74) is 2.59. The van der Waals surface area contributed by atoms with Gasteiger partial charge in [0, 0.05) is 37.9 Å². The Morgan fingerprint density at radius 1 is 1.11 bits per heavy atom. The van der Waals surface area contributed by atoms with E-state index >= 15 is 0 Å². The normalized spacial score (nSPS) is 11.7. The maximum atomic E-state index is 6.05. The number of hydrogen-bond acceptors (Lipinski definition) is 2. The van der Waals surface area contributed by atoms with E-state index in [0.717, 1.165) is 37.3 Å². The molecule has 4 aromatic rings. The van der Waals surface area contributed by atoms with Crippen LogP contribution < -0.4 is 0 Å². The lowest BCUT2D eigenvalue weighted by atomic mass is 10.1. The van der Waals surface area contributed by atoms with Crippen LogP contribution in [-0.4, -0.2) is 4.98 Å². The standard InChI is InChI=1S/C15H7BrClNO/c16-11-5-9(17)6-14-15(11)10-7-12-8(2-1-3-18-12)4-13(10)19-14/h1-7H. The zero-order valence-corrected chi connectivity index (χ0v) is 12.0. The summed E-state index contributed by atoms with van der Waals surface area (Å²) < 4.78 is 6.81. The number of rotatable bonds is 0. The van der Waals surface area contributed by atoms with E-state index in [-0.39, 0.29) is 0 Å². The van der Waals surface area contributed by atoms with Crippen molar-refractivity contribution in [2.75, 3.05) is 0 Å². The number of pyridine rings is 1. The number of fused-ring (bicyclic) bond motifs is 4. The zero-order chi connectivity index (χ0) is 13.0. The van der Waals surface area contributed by atoms with E-state index in [4.69, 9.17) is 16.0 Å². The minimum absolute atomic E-state index is 0.654. The Labute approximate surface area is 122 Å². The SMILES string of the molecule is Clc1cc(Br)c2c(c1)oc1cc3cccnc3cc12. The molecule has 0 bridgehead atoms. The average molecular weight is 333 g/mol. The van der Waals surface area contributed by atoms with Gasteiger partial charge in [-0.25, -0.2) is 0 Å². The second-order valence-electron chi connectivity index (χ2n) is 4.41. The van der Waals surface area contributed by atoms with Gasteiger partial charge in [-0.05, 0) is 40.2 Å². The molecule has 0 N–H and O–H groups in total. The molecule has 0 spiro atoms. The third-order valence-electron chi connectivity index (χ3n) is 3.21. The number of halogens is 2. The Kier molecular flexibility index (Phi) is 2.34. The lowest BCUT2D eigenvalue weighted by Crippen LogP contribution is -1.77. The maximum Gasteiger partial charge on any atom is 0.138 e. The van der Waals surface area contributed by atoms with Gasteiger partial charge < -0.3 is 4.42 Å². The van der Waals surface area contributed by atoms with Gasteiger partial charge in [0.1, 0.15) is 11.2 Å². The van der Waals surface area contributed by atoms with Gasteiger partial charge in [-0.3, -0.25) is 4.98 Å². The summed E-state index contributed by atoms with van der Waals surface area (Å²) in [6, 6.07) is 11.7. The molecule has 4 heteroatoms. The molecule has 2 aromatic carbocycles. The second-order valence-corrected chi connectivity index (χ2v) is 5.70. The van der Waals surface area contributed by atoms with Crippen molar-refractivity contribution in [2.24, 2.45) is 0 Å². The number of furan rings is 1. The lowest BCUT2D eigenvalue weighted by Gasteiger charge is -1.97. The molecule has 0 amide bonds. The highest BCUT2D eigenvalue weighted by Gasteiger charge is 2.12. The number of hydrogen-bond donors (Lipinski definition) is 0. The van der Waals surface area contributed by atoms with Crippen molar-refractivity contribution in [3.8, 4) is 0 Å². The summed E-state index contributed by atoms with van der Waals surface area (Å²) in [5.74, 6) is 0. The highest BCUT2D eigenvalue weighted by molar-refractivity contribution is 9.10. The first-order chi connectivity index (χ1) is 9.22. The Morgan fingerprint density at radius 2 is 2.00 bits per heavy atom. The molecule has 0 atom stereocenters. The fraction of sp³-hybridized carbons (Fsp3) is 0. The highest BCUT2D eigenvalue weighted by atomic mass is 79.9. The monoisotopic (exact) mass is 331 g/mol. The smallest absolute Gasteiger partial charge is 0.138 e. The third-order valence-corrected chi connectivity index (χ3v) is 4.06. The van der Waals surface area contributed by atoms with Gasteiger partial charge in [-0.2, -0.15) is 0 Å². The van der Waals surface area contributed by atoms with Gasteiger partial charge in [0.05, 0.1) is 5.52 Å². The minimum atomic E-state index is 0.654. The van der Waals surface area contributed by atoms with E-state index in [1.165, 1.54) is 0 Å². The Bertz CT molecular complexity index is 945. The molecule has 92 valence electrons. The van der Waals surface area contributed by atoms with Gasteiger partial charge in [0.15, 0.2) is 0 Å². The van der Waals surface area contributed by atoms with Crippen LogP contribution in [-0.2, 0) is 0 Å². The summed E-state index contributed by atoms with van der Waals surface area (Å²) >= 11 is 9.60. The third kappa shape index (κ3) is 1.66. The van der Waals surface area contributed by atoms with Crippen molar-refractivity contribution in [1.82, 2.24) is 4.98 Å². The molecule has 4 rings (SSSR count). The molecule has 0 radical (unpaired) electrons. The van der Waals surface area contributed by atoms with Crippen LogP contribution in [0.5, 0.6) is 0 Å². The van der Waals surface area contributed by atoms with Crippen LogP contribution in [0.2, 0.25) is 5.02 Å². The molecule has 0 aliphatic carbocycles. The van der Waals surface area contributed by atoms with Crippen LogP contribution in [0.3, 0.4) is 0 Å². The Balaban J connectivity index is 2.26. The highest BCUT2D eigenvalue weighted by Crippen LogP contribution is 2.37. The quantitative estimate of drug-likeness (QED) is 0.422. The molecule has 0 unspecified atom stereocenters. The largest absolute Gasteiger partial charge is 0.456 e. The summed E-state index contributed by atoms with van der Waals surface area (Å²) in [5, 5.41) is 3.80. The van der Waals surface area contributed by atoms with Crippen molar-refractivity contribution in [1.29, 1.82) is 0 Å². The molecule has 0 saturated carbocycles. The van der Waals surface area contributed by atoms with Gasteiger partial charge in [-0.1, -0.05) is 17.7 Å². The lowest BCUT2D eigenvalue weighted by molar-refractivity contribution is 0.669. The van der Waals surface area contributed by atoms with Gasteiger partial charge in [0.25, 0.3) is 0 Å². The van der Waals surface area contributed by atoms with Crippen molar-refractivity contribution in [3.05, 3.63) is 52.1 Å². The average Bonchev–Trinajstić information content (AvgIpc) is 2.72. The van der Waals surface area contributed by atoms with Crippen LogP contribution in [0.4, 0.5) is 0 Å². The zero-order valence-electron chi connectivity index (χ0n) is 9.65. The molecule has 2 nitrogen and oxygen atoms in total. The molecule has 0 aliphatic heterocycles. The van der Waals surface area contributed by atoms with Crippen LogP contribution in [0, 0.1) is 0 Å². The summed E-state index contributed by atoms with van der Waals surface area (Å²) in [4.78, 5) is 4.38. The second kappa shape index (κ2) is 3.95. The van der Waals surface area contributed by atoms with E-state index in [1.54, 1.807) is 6.20 Å². The number of nitrogens with zero attached hydrogens (tertiary/aromatic N) is 1. The molecule has 2 heterocycles. The van der Waals surface area contributed by atoms with E-state index < -0.39 is 0 Å². The minimum Gasteiger partial charge on any atom is -0.456 e. The van der Waals surface area contributed by atoms with Crippen molar-refractivity contribution in [2.45, 2.75) is 0 Å². The summed E-state index contributed by atoms with van der Waals surface area (Å²) in [7, 11) is 0. The first-order valence-electron chi connectivity index (χ1n) is 5.78. The summed E-state index contributed by atoms with van der Waals surface area (Å²) in [6.45, 7) is 0. The Hall–Kier alpha value is -1.58. The van der Waals surface area contributed by atoms with E-state index in [9.17, 15) is 0 Å². The molecule has 0 aliphatic rings. The van der Waals surface area contributed by atoms with Gasteiger partial charge >= 0.3 is 0 Å². The molecular weight excluding hydrogens is 326 g/mol. The first-order valence-corrected chi connectivity index (χ1v) is 6.95. The van der Waals surface area contributed by atoms with E-state index in [0.29, 0.717) is 5.02 Å². The van der Waals surface area contributed by atoms with E-state index in [2.05, 4.69) is 27.0 Å². The van der Waals surface area contributed by atoms with Crippen LogP contribution >= 0.6 is 27.5 Å². The van der Waals surface area contributed by atoms with Crippen molar-refractivity contribution in [3.63, 3.8) is 0 Å². The molecule has 0 saturated heterocycles. The topological polar surface area (TPSA) is 26.0 Å². The maximum absolute atomic E-state index is 6.05. The molecule has 19 heavy (non-hydrogen) atoms. The fourth-order valence-electron chi connectivity index (χ4n) is 2.39. The number of aromatic nitrogens is 1. The van der Waals surface area contributed by atoms with Crippen LogP contribution in [0.15, 0.2) is 51.5 Å². The van der Waals surface area contributed by atoms with Crippen LogP contribution in [0.1, 0.15) is 0 Å². The predicted octanol–water partition coefficient (Wildman–Crippen LogP) is 5.55. The summed E-state index contributed by atoms with van der Waals surface area (Å²) in [6.07, 6.45) is 1.79. The molecule has 0 fully saturated rings. The van der Waals surface area contributed by atoms with Crippen molar-refractivity contribution < 1.29 is 4.42 Å². The van der Waals surface area contributed by atoms with Gasteiger partial charge in [0.2, 0.25) is 0 Å². The number of benzene rings is 2.